The highest BCUT2D eigenvalue weighted by Crippen LogP contribution is 2.32. The van der Waals surface area contributed by atoms with Gasteiger partial charge in [0.05, 0.1) is 19.5 Å². The zero-order chi connectivity index (χ0) is 28.6. The monoisotopic (exact) mass is 542 g/mol. The summed E-state index contributed by atoms with van der Waals surface area (Å²) < 4.78 is 5.11. The number of methoxy groups -OCH3 is 1. The fourth-order valence-electron chi connectivity index (χ4n) is 4.23. The Balaban J connectivity index is 1.34. The molecule has 8 nitrogen and oxygen atoms in total. The van der Waals surface area contributed by atoms with Crippen LogP contribution in [-0.4, -0.2) is 36.5 Å². The summed E-state index contributed by atoms with van der Waals surface area (Å²) in [6, 6.07) is 32.3. The van der Waals surface area contributed by atoms with Crippen molar-refractivity contribution in [3.05, 3.63) is 131 Å². The van der Waals surface area contributed by atoms with Crippen LogP contribution in [0.15, 0.2) is 119 Å². The lowest BCUT2D eigenvalue weighted by atomic mass is 9.97. The Labute approximate surface area is 236 Å². The minimum atomic E-state index is -0.355. The number of nitrogens with one attached hydrogen (secondary N) is 2. The van der Waals surface area contributed by atoms with Gasteiger partial charge in [-0.15, -0.1) is 0 Å². The van der Waals surface area contributed by atoms with E-state index in [2.05, 4.69) is 21.1 Å². The zero-order valence-electron chi connectivity index (χ0n) is 22.1. The Kier molecular flexibility index (Phi) is 8.11. The van der Waals surface area contributed by atoms with Crippen LogP contribution in [0, 0.1) is 0 Å². The van der Waals surface area contributed by atoms with Crippen LogP contribution in [-0.2, 0) is 0 Å². The first-order chi connectivity index (χ1) is 20.0. The minimum Gasteiger partial charge on any atom is -0.507 e. The average Bonchev–Trinajstić information content (AvgIpc) is 3.02. The Morgan fingerprint density at radius 1 is 0.732 bits per heavy atom. The lowest BCUT2D eigenvalue weighted by molar-refractivity contribution is 0.0947. The first kappa shape index (κ1) is 26.8. The molecule has 0 aliphatic heterocycles. The third-order valence-corrected chi connectivity index (χ3v) is 6.39. The second-order valence-corrected chi connectivity index (χ2v) is 9.05. The van der Waals surface area contributed by atoms with Gasteiger partial charge in [-0.05, 0) is 82.6 Å². The quantitative estimate of drug-likeness (QED) is 0.171. The van der Waals surface area contributed by atoms with Crippen molar-refractivity contribution in [3.8, 4) is 22.6 Å². The molecular formula is C33H26N4O4. The van der Waals surface area contributed by atoms with Crippen LogP contribution in [0.2, 0.25) is 0 Å². The molecule has 0 atom stereocenters. The summed E-state index contributed by atoms with van der Waals surface area (Å²) >= 11 is 0. The summed E-state index contributed by atoms with van der Waals surface area (Å²) in [7, 11) is 1.56. The summed E-state index contributed by atoms with van der Waals surface area (Å²) in [4.78, 5) is 24.7. The summed E-state index contributed by atoms with van der Waals surface area (Å²) in [6.45, 7) is 0. The SMILES string of the molecule is COc1ccc(C(=O)N/N=C/c2ccc(O)c(-c3ccc4cccc(/C=N/NC(=O)c5ccccc5)c4c3)c2)cc1. The van der Waals surface area contributed by atoms with Crippen LogP contribution in [0.1, 0.15) is 31.8 Å². The first-order valence-electron chi connectivity index (χ1n) is 12.7. The maximum atomic E-state index is 12.4. The van der Waals surface area contributed by atoms with Gasteiger partial charge in [0.1, 0.15) is 11.5 Å². The number of hydrazone groups is 2. The highest BCUT2D eigenvalue weighted by atomic mass is 16.5. The summed E-state index contributed by atoms with van der Waals surface area (Å²) in [5, 5.41) is 20.7. The predicted octanol–water partition coefficient (Wildman–Crippen LogP) is 5.75. The molecule has 0 saturated carbocycles. The lowest BCUT2D eigenvalue weighted by Crippen LogP contribution is -2.17. The van der Waals surface area contributed by atoms with E-state index >= 15 is 0 Å². The van der Waals surface area contributed by atoms with Crippen LogP contribution in [0.5, 0.6) is 11.5 Å². The van der Waals surface area contributed by atoms with Gasteiger partial charge in [0.25, 0.3) is 11.8 Å². The van der Waals surface area contributed by atoms with E-state index in [1.165, 1.54) is 6.21 Å². The standard InChI is InChI=1S/C33H26N4O4/c1-41-28-15-13-25(14-16-28)33(40)36-34-20-22-10-17-31(38)30(18-22)26-12-11-23-8-5-9-27(29(23)19-26)21-35-37-32(39)24-6-3-2-4-7-24/h2-21,38H,1H3,(H,36,40)(H,37,39)/b34-20+,35-21+. The number of fused-ring (bicyclic) bond motifs is 1. The van der Waals surface area contributed by atoms with Gasteiger partial charge < -0.3 is 9.84 Å². The van der Waals surface area contributed by atoms with Crippen LogP contribution in [0.25, 0.3) is 21.9 Å². The molecule has 5 aromatic carbocycles. The average molecular weight is 543 g/mol. The van der Waals surface area contributed by atoms with E-state index in [-0.39, 0.29) is 17.6 Å². The molecule has 0 radical (unpaired) electrons. The van der Waals surface area contributed by atoms with Crippen molar-refractivity contribution in [1.29, 1.82) is 0 Å². The molecule has 0 saturated heterocycles. The van der Waals surface area contributed by atoms with E-state index in [1.54, 1.807) is 80.1 Å². The molecule has 41 heavy (non-hydrogen) atoms. The fourth-order valence-corrected chi connectivity index (χ4v) is 4.23. The molecule has 8 heteroatoms. The molecule has 2 amide bonds. The number of carbonyl (C=O) groups excluding carboxylic acids is 2. The minimum absolute atomic E-state index is 0.102. The molecule has 0 bridgehead atoms. The molecule has 0 aromatic heterocycles. The van der Waals surface area contributed by atoms with Crippen LogP contribution in [0.4, 0.5) is 0 Å². The molecule has 0 heterocycles. The molecule has 0 unspecified atom stereocenters. The second-order valence-electron chi connectivity index (χ2n) is 9.05. The topological polar surface area (TPSA) is 112 Å². The van der Waals surface area contributed by atoms with Gasteiger partial charge >= 0.3 is 0 Å². The Bertz CT molecular complexity index is 1760. The Morgan fingerprint density at radius 2 is 1.44 bits per heavy atom. The van der Waals surface area contributed by atoms with Gasteiger partial charge in [-0.1, -0.05) is 48.5 Å². The van der Waals surface area contributed by atoms with Crippen LogP contribution >= 0.6 is 0 Å². The lowest BCUT2D eigenvalue weighted by Gasteiger charge is -2.09. The smallest absolute Gasteiger partial charge is 0.271 e. The highest BCUT2D eigenvalue weighted by Gasteiger charge is 2.09. The van der Waals surface area contributed by atoms with Crippen molar-refractivity contribution in [2.75, 3.05) is 7.11 Å². The van der Waals surface area contributed by atoms with Gasteiger partial charge in [-0.2, -0.15) is 10.2 Å². The number of rotatable bonds is 8. The number of phenolic OH excluding ortho intramolecular Hbond substituents is 1. The molecule has 5 aromatic rings. The normalized spacial score (nSPS) is 11.1. The number of aromatic hydroxyl groups is 1. The van der Waals surface area contributed by atoms with Crippen LogP contribution < -0.4 is 15.6 Å². The van der Waals surface area contributed by atoms with Crippen molar-refractivity contribution in [1.82, 2.24) is 10.9 Å². The maximum Gasteiger partial charge on any atom is 0.271 e. The molecule has 5 rings (SSSR count). The highest BCUT2D eigenvalue weighted by molar-refractivity contribution is 6.02. The van der Waals surface area contributed by atoms with E-state index < -0.39 is 0 Å². The predicted molar refractivity (Wildman–Crippen MR) is 161 cm³/mol. The van der Waals surface area contributed by atoms with Crippen molar-refractivity contribution >= 4 is 35.0 Å². The van der Waals surface area contributed by atoms with Crippen molar-refractivity contribution in [2.24, 2.45) is 10.2 Å². The maximum absolute atomic E-state index is 12.4. The number of phenols is 1. The van der Waals surface area contributed by atoms with Gasteiger partial charge in [-0.25, -0.2) is 10.9 Å². The van der Waals surface area contributed by atoms with E-state index in [1.807, 2.05) is 42.5 Å². The number of ether oxygens (including phenoxy) is 1. The van der Waals surface area contributed by atoms with Gasteiger partial charge in [0.2, 0.25) is 0 Å². The van der Waals surface area contributed by atoms with Gasteiger partial charge in [0, 0.05) is 22.3 Å². The molecule has 0 aliphatic rings. The van der Waals surface area contributed by atoms with Gasteiger partial charge in [-0.3, -0.25) is 9.59 Å². The van der Waals surface area contributed by atoms with E-state index in [0.29, 0.717) is 28.0 Å². The number of benzene rings is 5. The second kappa shape index (κ2) is 12.4. The fraction of sp³-hybridized carbons (Fsp3) is 0.0303. The van der Waals surface area contributed by atoms with Crippen molar-refractivity contribution < 1.29 is 19.4 Å². The number of hydrogen-bond acceptors (Lipinski definition) is 6. The Hall–Kier alpha value is -5.76. The van der Waals surface area contributed by atoms with Crippen molar-refractivity contribution in [3.63, 3.8) is 0 Å². The number of nitrogens with zero attached hydrogens (tertiary/aromatic N) is 2. The summed E-state index contributed by atoms with van der Waals surface area (Å²) in [5.74, 6) is 0.104. The number of carbonyl (C=O) groups is 2. The number of hydrogen-bond donors (Lipinski definition) is 3. The van der Waals surface area contributed by atoms with Gasteiger partial charge in [0.15, 0.2) is 0 Å². The first-order valence-corrected chi connectivity index (χ1v) is 12.7. The van der Waals surface area contributed by atoms with Crippen molar-refractivity contribution in [2.45, 2.75) is 0 Å². The van der Waals surface area contributed by atoms with Crippen LogP contribution in [0.3, 0.4) is 0 Å². The molecular weight excluding hydrogens is 516 g/mol. The molecule has 3 N–H and O–H groups in total. The van der Waals surface area contributed by atoms with E-state index in [9.17, 15) is 14.7 Å². The Morgan fingerprint density at radius 3 is 2.17 bits per heavy atom. The molecule has 0 aliphatic carbocycles. The molecule has 0 fully saturated rings. The van der Waals surface area contributed by atoms with E-state index in [4.69, 9.17) is 4.74 Å². The third-order valence-electron chi connectivity index (χ3n) is 6.39. The third kappa shape index (κ3) is 6.46. The molecule has 0 spiro atoms. The zero-order valence-corrected chi connectivity index (χ0v) is 22.1. The largest absolute Gasteiger partial charge is 0.507 e. The molecule has 202 valence electrons. The summed E-state index contributed by atoms with van der Waals surface area (Å²) in [6.07, 6.45) is 3.11. The summed E-state index contributed by atoms with van der Waals surface area (Å²) in [5.41, 5.74) is 8.90. The number of amides is 2. The van der Waals surface area contributed by atoms with E-state index in [0.717, 1.165) is 21.9 Å².